The van der Waals surface area contributed by atoms with E-state index in [2.05, 4.69) is 23.4 Å². The SMILES string of the molecule is [B]1N2CC=CC2=Nc2cccn21. The Morgan fingerprint density at radius 3 is 3.50 bits per heavy atom. The predicted molar refractivity (Wildman–Crippen MR) is 48.5 cm³/mol. The summed E-state index contributed by atoms with van der Waals surface area (Å²) in [6.45, 7) is 0.941. The summed E-state index contributed by atoms with van der Waals surface area (Å²) in [5, 5.41) is 0. The van der Waals surface area contributed by atoms with Crippen molar-refractivity contribution in [2.24, 2.45) is 4.99 Å². The average Bonchev–Trinajstić information content (AvgIpc) is 2.64. The minimum atomic E-state index is 0.941. The quantitative estimate of drug-likeness (QED) is 0.508. The van der Waals surface area contributed by atoms with Crippen molar-refractivity contribution in [1.29, 1.82) is 0 Å². The molecule has 0 aromatic carbocycles. The molecular weight excluding hydrogens is 149 g/mol. The first-order valence-corrected chi connectivity index (χ1v) is 3.97. The van der Waals surface area contributed by atoms with Crippen LogP contribution in [0.5, 0.6) is 0 Å². The summed E-state index contributed by atoms with van der Waals surface area (Å²) >= 11 is 0. The van der Waals surface area contributed by atoms with Crippen LogP contribution < -0.4 is 0 Å². The van der Waals surface area contributed by atoms with Gasteiger partial charge in [-0.2, -0.15) is 0 Å². The third-order valence-corrected chi connectivity index (χ3v) is 2.11. The second-order valence-corrected chi connectivity index (χ2v) is 2.91. The molecule has 0 fully saturated rings. The Morgan fingerprint density at radius 2 is 2.50 bits per heavy atom. The molecule has 1 aromatic heterocycles. The zero-order valence-corrected chi connectivity index (χ0v) is 6.51. The zero-order chi connectivity index (χ0) is 7.97. The van der Waals surface area contributed by atoms with Crippen LogP contribution in [0.3, 0.4) is 0 Å². The first kappa shape index (κ1) is 6.11. The lowest BCUT2D eigenvalue weighted by molar-refractivity contribution is 0.715. The van der Waals surface area contributed by atoms with Crippen molar-refractivity contribution in [3.05, 3.63) is 30.5 Å². The van der Waals surface area contributed by atoms with E-state index in [1.807, 2.05) is 28.9 Å². The van der Waals surface area contributed by atoms with Crippen LogP contribution in [0.1, 0.15) is 0 Å². The topological polar surface area (TPSA) is 20.5 Å². The Hall–Kier alpha value is -1.45. The fraction of sp³-hybridized carbons (Fsp3) is 0.125. The molecule has 2 aliphatic heterocycles. The number of rotatable bonds is 0. The van der Waals surface area contributed by atoms with E-state index in [0.717, 1.165) is 18.2 Å². The van der Waals surface area contributed by atoms with E-state index in [-0.39, 0.29) is 0 Å². The highest BCUT2D eigenvalue weighted by Crippen LogP contribution is 2.19. The van der Waals surface area contributed by atoms with Crippen LogP contribution in [0.2, 0.25) is 0 Å². The van der Waals surface area contributed by atoms with Crippen LogP contribution >= 0.6 is 0 Å². The summed E-state index contributed by atoms with van der Waals surface area (Å²) in [5.41, 5.74) is 0. The highest BCUT2D eigenvalue weighted by molar-refractivity contribution is 6.39. The molecule has 0 unspecified atom stereocenters. The van der Waals surface area contributed by atoms with Crippen molar-refractivity contribution < 1.29 is 0 Å². The lowest BCUT2D eigenvalue weighted by atomic mass is 10.1. The van der Waals surface area contributed by atoms with Crippen LogP contribution in [-0.4, -0.2) is 29.2 Å². The number of aliphatic imine (C=N–C) groups is 1. The van der Waals surface area contributed by atoms with E-state index < -0.39 is 0 Å². The van der Waals surface area contributed by atoms with E-state index in [4.69, 9.17) is 0 Å². The highest BCUT2D eigenvalue weighted by atomic mass is 15.2. The lowest BCUT2D eigenvalue weighted by Crippen LogP contribution is -2.36. The minimum absolute atomic E-state index is 0.941. The van der Waals surface area contributed by atoms with Crippen LogP contribution in [0.4, 0.5) is 5.82 Å². The summed E-state index contributed by atoms with van der Waals surface area (Å²) in [4.78, 5) is 6.57. The zero-order valence-electron chi connectivity index (χ0n) is 6.51. The Kier molecular flexibility index (Phi) is 1.03. The number of amidine groups is 1. The second-order valence-electron chi connectivity index (χ2n) is 2.91. The Balaban J connectivity index is 2.14. The molecule has 57 valence electrons. The van der Waals surface area contributed by atoms with Crippen LogP contribution in [-0.2, 0) is 0 Å². The first-order chi connectivity index (χ1) is 5.93. The van der Waals surface area contributed by atoms with Crippen molar-refractivity contribution in [3.63, 3.8) is 0 Å². The Labute approximate surface area is 71.3 Å². The van der Waals surface area contributed by atoms with Gasteiger partial charge in [0.2, 0.25) is 0 Å². The van der Waals surface area contributed by atoms with E-state index >= 15 is 0 Å². The maximum atomic E-state index is 4.45. The fourth-order valence-corrected chi connectivity index (χ4v) is 1.51. The maximum Gasteiger partial charge on any atom is 0.398 e. The summed E-state index contributed by atoms with van der Waals surface area (Å²) < 4.78 is 2.02. The fourth-order valence-electron chi connectivity index (χ4n) is 1.51. The van der Waals surface area contributed by atoms with Crippen molar-refractivity contribution in [1.82, 2.24) is 9.29 Å². The molecule has 0 bridgehead atoms. The highest BCUT2D eigenvalue weighted by Gasteiger charge is 2.21. The van der Waals surface area contributed by atoms with Crippen LogP contribution in [0.25, 0.3) is 0 Å². The molecule has 0 amide bonds. The molecule has 0 spiro atoms. The summed E-state index contributed by atoms with van der Waals surface area (Å²) in [7, 11) is 2.07. The third kappa shape index (κ3) is 0.692. The van der Waals surface area contributed by atoms with Gasteiger partial charge in [-0.1, -0.05) is 6.08 Å². The number of hydrogen-bond acceptors (Lipinski definition) is 2. The molecule has 12 heavy (non-hydrogen) atoms. The van der Waals surface area contributed by atoms with Crippen LogP contribution in [0.15, 0.2) is 35.5 Å². The van der Waals surface area contributed by atoms with Crippen molar-refractivity contribution in [3.8, 4) is 0 Å². The lowest BCUT2D eigenvalue weighted by Gasteiger charge is -2.22. The van der Waals surface area contributed by atoms with E-state index in [1.165, 1.54) is 0 Å². The first-order valence-electron chi connectivity index (χ1n) is 3.97. The van der Waals surface area contributed by atoms with Crippen molar-refractivity contribution in [2.75, 3.05) is 6.54 Å². The molecule has 4 heteroatoms. The Morgan fingerprint density at radius 1 is 1.50 bits per heavy atom. The van der Waals surface area contributed by atoms with Gasteiger partial charge in [-0.15, -0.1) is 0 Å². The molecule has 0 N–H and O–H groups in total. The van der Waals surface area contributed by atoms with Gasteiger partial charge in [0, 0.05) is 6.54 Å². The molecule has 0 atom stereocenters. The van der Waals surface area contributed by atoms with Crippen molar-refractivity contribution >= 4 is 19.2 Å². The molecule has 3 heterocycles. The maximum absolute atomic E-state index is 4.45. The monoisotopic (exact) mass is 156 g/mol. The predicted octanol–water partition coefficient (Wildman–Crippen LogP) is 0.786. The van der Waals surface area contributed by atoms with Gasteiger partial charge in [0.15, 0.2) is 0 Å². The van der Waals surface area contributed by atoms with Crippen molar-refractivity contribution in [2.45, 2.75) is 0 Å². The molecule has 3 nitrogen and oxygen atoms in total. The second kappa shape index (κ2) is 2.03. The standard InChI is InChI=1S/C8H7BN3/c1-3-7-10-8-4-2-6-12(8)9-11(7)5-1/h1-5H,6H2. The normalized spacial score (nSPS) is 18.3. The molecule has 1 aromatic rings. The number of aromatic nitrogens is 1. The summed E-state index contributed by atoms with van der Waals surface area (Å²) in [6.07, 6.45) is 6.17. The van der Waals surface area contributed by atoms with Gasteiger partial charge in [0.25, 0.3) is 0 Å². The molecule has 0 aliphatic carbocycles. The smallest absolute Gasteiger partial charge is 0.380 e. The minimum Gasteiger partial charge on any atom is -0.380 e. The molecule has 0 saturated heterocycles. The van der Waals surface area contributed by atoms with Gasteiger partial charge in [0.1, 0.15) is 11.7 Å². The summed E-state index contributed by atoms with van der Waals surface area (Å²) in [5.74, 6) is 2.05. The van der Waals surface area contributed by atoms with E-state index in [0.29, 0.717) is 0 Å². The van der Waals surface area contributed by atoms with Gasteiger partial charge in [-0.3, -0.25) is 0 Å². The van der Waals surface area contributed by atoms with Gasteiger partial charge in [0.05, 0.1) is 0 Å². The van der Waals surface area contributed by atoms with Gasteiger partial charge < -0.3 is 9.29 Å². The number of fused-ring (bicyclic) bond motifs is 2. The molecular formula is C8H7BN3. The largest absolute Gasteiger partial charge is 0.398 e. The average molecular weight is 156 g/mol. The van der Waals surface area contributed by atoms with Gasteiger partial charge in [-0.05, 0) is 24.4 Å². The number of hydrogen-bond donors (Lipinski definition) is 0. The van der Waals surface area contributed by atoms with E-state index in [1.54, 1.807) is 0 Å². The molecule has 1 radical (unpaired) electrons. The van der Waals surface area contributed by atoms with Crippen LogP contribution in [0, 0.1) is 0 Å². The number of nitrogens with zero attached hydrogens (tertiary/aromatic N) is 3. The molecule has 3 rings (SSSR count). The summed E-state index contributed by atoms with van der Waals surface area (Å²) in [6, 6.07) is 4.01. The molecule has 0 saturated carbocycles. The third-order valence-electron chi connectivity index (χ3n) is 2.11. The van der Waals surface area contributed by atoms with Gasteiger partial charge >= 0.3 is 7.55 Å². The Bertz CT molecular complexity index is 377. The van der Waals surface area contributed by atoms with E-state index in [9.17, 15) is 0 Å². The van der Waals surface area contributed by atoms with Gasteiger partial charge in [-0.25, -0.2) is 4.99 Å². The molecule has 2 aliphatic rings.